The molecule has 0 heterocycles. The van der Waals surface area contributed by atoms with E-state index in [1.165, 1.54) is 22.8 Å². The second-order valence-electron chi connectivity index (χ2n) is 8.72. The van der Waals surface area contributed by atoms with E-state index in [4.69, 9.17) is 0 Å². The monoisotopic (exact) mass is 472 g/mol. The number of hydrogen-bond donors (Lipinski definition) is 1. The van der Waals surface area contributed by atoms with Crippen LogP contribution in [0.15, 0.2) is 114 Å². The highest BCUT2D eigenvalue weighted by molar-refractivity contribution is 7.85. The third kappa shape index (κ3) is 5.68. The molecule has 0 unspecified atom stereocenters. The summed E-state index contributed by atoms with van der Waals surface area (Å²) in [6.07, 6.45) is 0. The summed E-state index contributed by atoms with van der Waals surface area (Å²) in [6.45, 7) is 2.05. The Kier molecular flexibility index (Phi) is 6.93. The van der Waals surface area contributed by atoms with Gasteiger partial charge in [0.25, 0.3) is 10.1 Å². The largest absolute Gasteiger partial charge is 0.294 e. The average Bonchev–Trinajstić information content (AvgIpc) is 2.80. The van der Waals surface area contributed by atoms with Gasteiger partial charge in [-0.05, 0) is 37.2 Å². The molecule has 0 spiro atoms. The van der Waals surface area contributed by atoms with Gasteiger partial charge in [-0.25, -0.2) is 0 Å². The number of aryl methyl sites for hydroxylation is 1. The van der Waals surface area contributed by atoms with Crippen LogP contribution in [0.5, 0.6) is 0 Å². The van der Waals surface area contributed by atoms with Gasteiger partial charge in [-0.1, -0.05) is 125 Å². The first-order chi connectivity index (χ1) is 15.9. The summed E-state index contributed by atoms with van der Waals surface area (Å²) in [6, 6.07) is 39.0. The maximum absolute atomic E-state index is 12.1. The van der Waals surface area contributed by atoms with Crippen LogP contribution in [0.1, 0.15) is 22.3 Å². The molecule has 0 aromatic heterocycles. The molecule has 0 fully saturated rings. The average molecular weight is 473 g/mol. The minimum absolute atomic E-state index is 0.0332. The van der Waals surface area contributed by atoms with Crippen molar-refractivity contribution in [3.8, 4) is 0 Å². The van der Waals surface area contributed by atoms with Crippen LogP contribution in [-0.2, 0) is 28.3 Å². The Morgan fingerprint density at radius 1 is 0.636 bits per heavy atom. The molecular formula is C28H28O3SSi. The molecule has 1 N–H and O–H groups in total. The van der Waals surface area contributed by atoms with Crippen molar-refractivity contribution in [2.75, 3.05) is 0 Å². The SMILES string of the molecule is Cc1ccc(S(=O)(=O)O)cc1[Si](Cc1ccccc1)(Cc1ccccc1)Cc1ccccc1. The number of benzene rings is 4. The molecule has 0 saturated heterocycles. The van der Waals surface area contributed by atoms with Gasteiger partial charge >= 0.3 is 0 Å². The summed E-state index contributed by atoms with van der Waals surface area (Å²) in [4.78, 5) is -0.0332. The van der Waals surface area contributed by atoms with E-state index in [0.29, 0.717) is 0 Å². The highest BCUT2D eigenvalue weighted by atomic mass is 32.2. The molecule has 0 bridgehead atoms. The molecule has 4 rings (SSSR count). The molecule has 0 aliphatic heterocycles. The van der Waals surface area contributed by atoms with Crippen LogP contribution in [0.4, 0.5) is 0 Å². The standard InChI is InChI=1S/C28H28O3SSi/c1-23-17-18-27(32(29,30)31)19-28(23)33(20-24-11-5-2-6-12-24,21-25-13-7-3-8-14-25)22-26-15-9-4-10-16-26/h2-19H,20-22H2,1H3,(H,29,30,31). The maximum Gasteiger partial charge on any atom is 0.294 e. The number of rotatable bonds is 8. The summed E-state index contributed by atoms with van der Waals surface area (Å²) >= 11 is 0. The summed E-state index contributed by atoms with van der Waals surface area (Å²) in [7, 11) is -6.72. The van der Waals surface area contributed by atoms with Crippen molar-refractivity contribution < 1.29 is 13.0 Å². The van der Waals surface area contributed by atoms with Crippen molar-refractivity contribution in [3.63, 3.8) is 0 Å². The van der Waals surface area contributed by atoms with E-state index < -0.39 is 18.2 Å². The molecule has 33 heavy (non-hydrogen) atoms. The zero-order chi connectivity index (χ0) is 23.3. The second-order valence-corrected chi connectivity index (χ2v) is 14.3. The van der Waals surface area contributed by atoms with E-state index >= 15 is 0 Å². The van der Waals surface area contributed by atoms with Gasteiger partial charge in [0.05, 0.1) is 13.0 Å². The second kappa shape index (κ2) is 9.87. The van der Waals surface area contributed by atoms with Crippen LogP contribution in [0.3, 0.4) is 0 Å². The lowest BCUT2D eigenvalue weighted by atomic mass is 10.2. The molecule has 5 heteroatoms. The fraction of sp³-hybridized carbons (Fsp3) is 0.143. The van der Waals surface area contributed by atoms with Crippen molar-refractivity contribution >= 4 is 23.4 Å². The molecule has 3 nitrogen and oxygen atoms in total. The van der Waals surface area contributed by atoms with Crippen molar-refractivity contribution in [2.45, 2.75) is 30.0 Å². The highest BCUT2D eigenvalue weighted by Crippen LogP contribution is 2.25. The first kappa shape index (κ1) is 23.2. The summed E-state index contributed by atoms with van der Waals surface area (Å²) < 4.78 is 34.0. The predicted molar refractivity (Wildman–Crippen MR) is 137 cm³/mol. The topological polar surface area (TPSA) is 54.4 Å². The Morgan fingerprint density at radius 2 is 1.03 bits per heavy atom. The first-order valence-corrected chi connectivity index (χ1v) is 15.1. The maximum atomic E-state index is 12.1. The fourth-order valence-corrected chi connectivity index (χ4v) is 10.8. The van der Waals surface area contributed by atoms with Gasteiger partial charge in [0.1, 0.15) is 0 Å². The van der Waals surface area contributed by atoms with Crippen LogP contribution in [0, 0.1) is 6.92 Å². The Balaban J connectivity index is 1.95. The van der Waals surface area contributed by atoms with E-state index in [2.05, 4.69) is 72.8 Å². The Hall–Kier alpha value is -2.99. The molecule has 0 aliphatic carbocycles. The van der Waals surface area contributed by atoms with Crippen LogP contribution in [0.25, 0.3) is 0 Å². The third-order valence-corrected chi connectivity index (χ3v) is 12.0. The lowest BCUT2D eigenvalue weighted by molar-refractivity contribution is 0.483. The molecule has 168 valence electrons. The first-order valence-electron chi connectivity index (χ1n) is 11.1. The van der Waals surface area contributed by atoms with Crippen LogP contribution in [0.2, 0.25) is 0 Å². The third-order valence-electron chi connectivity index (χ3n) is 6.23. The highest BCUT2D eigenvalue weighted by Gasteiger charge is 2.37. The van der Waals surface area contributed by atoms with Gasteiger partial charge in [-0.2, -0.15) is 8.42 Å². The van der Waals surface area contributed by atoms with E-state index in [-0.39, 0.29) is 4.90 Å². The zero-order valence-corrected chi connectivity index (χ0v) is 20.5. The molecule has 0 radical (unpaired) electrons. The number of hydrogen-bond acceptors (Lipinski definition) is 2. The Labute approximate surface area is 197 Å². The van der Waals surface area contributed by atoms with Crippen molar-refractivity contribution in [1.29, 1.82) is 0 Å². The van der Waals surface area contributed by atoms with E-state index in [0.717, 1.165) is 28.9 Å². The molecule has 4 aromatic rings. The minimum Gasteiger partial charge on any atom is -0.282 e. The molecule has 4 aromatic carbocycles. The smallest absolute Gasteiger partial charge is 0.282 e. The van der Waals surface area contributed by atoms with Gasteiger partial charge in [-0.3, -0.25) is 4.55 Å². The summed E-state index contributed by atoms with van der Waals surface area (Å²) in [5.74, 6) is 0. The van der Waals surface area contributed by atoms with Crippen molar-refractivity contribution in [3.05, 3.63) is 131 Å². The quantitative estimate of drug-likeness (QED) is 0.282. The predicted octanol–water partition coefficient (Wildman–Crippen LogP) is 5.24. The molecular weight excluding hydrogens is 444 g/mol. The van der Waals surface area contributed by atoms with E-state index in [1.807, 2.05) is 31.2 Å². The van der Waals surface area contributed by atoms with Crippen LogP contribution in [-0.4, -0.2) is 21.0 Å². The molecule has 0 aliphatic rings. The van der Waals surface area contributed by atoms with Gasteiger partial charge in [0, 0.05) is 0 Å². The van der Waals surface area contributed by atoms with Gasteiger partial charge < -0.3 is 0 Å². The van der Waals surface area contributed by atoms with Gasteiger partial charge in [0.15, 0.2) is 0 Å². The lowest BCUT2D eigenvalue weighted by Crippen LogP contribution is -2.56. The Morgan fingerprint density at radius 3 is 1.39 bits per heavy atom. The Bertz CT molecular complexity index is 1200. The van der Waals surface area contributed by atoms with Crippen LogP contribution < -0.4 is 5.19 Å². The molecule has 0 atom stereocenters. The van der Waals surface area contributed by atoms with E-state index in [9.17, 15) is 13.0 Å². The van der Waals surface area contributed by atoms with E-state index in [1.54, 1.807) is 6.07 Å². The van der Waals surface area contributed by atoms with Gasteiger partial charge in [0.2, 0.25) is 0 Å². The van der Waals surface area contributed by atoms with Crippen LogP contribution >= 0.6 is 0 Å². The summed E-state index contributed by atoms with van der Waals surface area (Å²) in [5.41, 5.74) is 4.80. The zero-order valence-electron chi connectivity index (χ0n) is 18.7. The fourth-order valence-electron chi connectivity index (χ4n) is 4.77. The summed E-state index contributed by atoms with van der Waals surface area (Å²) in [5, 5.41) is 1.08. The van der Waals surface area contributed by atoms with Crippen molar-refractivity contribution in [1.82, 2.24) is 0 Å². The van der Waals surface area contributed by atoms with Gasteiger partial charge in [-0.15, -0.1) is 0 Å². The molecule has 0 saturated carbocycles. The molecule has 0 amide bonds. The minimum atomic E-state index is -4.30. The normalized spacial score (nSPS) is 11.9. The van der Waals surface area contributed by atoms with Crippen molar-refractivity contribution in [2.24, 2.45) is 0 Å². The lowest BCUT2D eigenvalue weighted by Gasteiger charge is -2.35.